The molecule has 140 valence electrons. The van der Waals surface area contributed by atoms with Gasteiger partial charge < -0.3 is 0 Å². The van der Waals surface area contributed by atoms with Gasteiger partial charge in [0.25, 0.3) is 0 Å². The van der Waals surface area contributed by atoms with Crippen molar-refractivity contribution in [3.05, 3.63) is 34.4 Å². The molecule has 1 aliphatic carbocycles. The van der Waals surface area contributed by atoms with E-state index in [9.17, 15) is 8.78 Å². The highest BCUT2D eigenvalue weighted by Gasteiger charge is 2.28. The molecule has 1 aromatic rings. The van der Waals surface area contributed by atoms with Crippen LogP contribution in [-0.2, 0) is 6.42 Å². The zero-order valence-electron chi connectivity index (χ0n) is 15.2. The van der Waals surface area contributed by atoms with Gasteiger partial charge >= 0.3 is 0 Å². The molecule has 0 nitrogen and oxygen atoms in total. The second-order valence-electron chi connectivity index (χ2n) is 8.30. The second-order valence-corrected chi connectivity index (χ2v) is 10.8. The lowest BCUT2D eigenvalue weighted by Crippen LogP contribution is -2.24. The molecule has 1 saturated heterocycles. The third-order valence-corrected chi connectivity index (χ3v) is 8.76. The van der Waals surface area contributed by atoms with E-state index in [-0.39, 0.29) is 5.02 Å². The fourth-order valence-electron chi connectivity index (χ4n) is 5.07. The maximum absolute atomic E-state index is 13.5. The minimum absolute atomic E-state index is 0.333. The second kappa shape index (κ2) is 9.50. The van der Waals surface area contributed by atoms with E-state index in [1.807, 2.05) is 0 Å². The molecule has 0 aromatic heterocycles. The predicted octanol–water partition coefficient (Wildman–Crippen LogP) is 6.55. The van der Waals surface area contributed by atoms with Gasteiger partial charge in [-0.2, -0.15) is 0 Å². The van der Waals surface area contributed by atoms with Crippen molar-refractivity contribution in [3.8, 4) is 0 Å². The zero-order valence-corrected chi connectivity index (χ0v) is 17.4. The van der Waals surface area contributed by atoms with E-state index in [1.165, 1.54) is 57.1 Å². The molecule has 3 rings (SSSR count). The Labute approximate surface area is 158 Å². The molecule has 0 unspecified atom stereocenters. The minimum atomic E-state index is -0.639. The number of hydrogen-bond donors (Lipinski definition) is 0. The summed E-state index contributed by atoms with van der Waals surface area (Å²) in [7, 11) is 0.333. The van der Waals surface area contributed by atoms with Crippen molar-refractivity contribution < 1.29 is 8.78 Å². The lowest BCUT2D eigenvalue weighted by molar-refractivity contribution is 0.185. The first-order valence-corrected chi connectivity index (χ1v) is 12.6. The van der Waals surface area contributed by atoms with Crippen molar-refractivity contribution in [3.63, 3.8) is 0 Å². The zero-order chi connectivity index (χ0) is 17.6. The van der Waals surface area contributed by atoms with Gasteiger partial charge in [-0.15, -0.1) is 0 Å². The molecule has 25 heavy (non-hydrogen) atoms. The molecule has 0 N–H and O–H groups in total. The van der Waals surface area contributed by atoms with E-state index in [0.717, 1.165) is 42.6 Å². The molecular formula is C21H31ClF2Si. The van der Waals surface area contributed by atoms with Gasteiger partial charge in [0.2, 0.25) is 0 Å². The molecule has 0 spiro atoms. The summed E-state index contributed by atoms with van der Waals surface area (Å²) in [5.74, 6) is 1.68. The molecule has 0 amide bonds. The van der Waals surface area contributed by atoms with E-state index >= 15 is 0 Å². The molecule has 1 aromatic carbocycles. The molecule has 0 radical (unpaired) electrons. The summed E-state index contributed by atoms with van der Waals surface area (Å²) in [6.45, 7) is 0. The maximum Gasteiger partial charge on any atom is 0.145 e. The van der Waals surface area contributed by atoms with Gasteiger partial charge in [-0.1, -0.05) is 62.2 Å². The van der Waals surface area contributed by atoms with Crippen LogP contribution in [0.1, 0.15) is 63.4 Å². The topological polar surface area (TPSA) is 0 Å². The smallest absolute Gasteiger partial charge is 0.145 e. The minimum Gasteiger partial charge on any atom is -0.205 e. The SMILES string of the molecule is Fc1cc(CCCCC2CCC(C3CC[SiH2]CC3)CC2)cc(F)c1Cl. The Morgan fingerprint density at radius 3 is 2.12 bits per heavy atom. The number of hydrogen-bond acceptors (Lipinski definition) is 0. The van der Waals surface area contributed by atoms with Crippen LogP contribution in [0.3, 0.4) is 0 Å². The van der Waals surface area contributed by atoms with Crippen molar-refractivity contribution in [1.82, 2.24) is 0 Å². The van der Waals surface area contributed by atoms with Crippen LogP contribution in [0.4, 0.5) is 8.78 Å². The van der Waals surface area contributed by atoms with E-state index in [0.29, 0.717) is 9.52 Å². The summed E-state index contributed by atoms with van der Waals surface area (Å²) in [5.41, 5.74) is 0.726. The number of benzene rings is 1. The molecule has 4 heteroatoms. The van der Waals surface area contributed by atoms with Gasteiger partial charge in [-0.05, 0) is 61.1 Å². The molecule has 1 saturated carbocycles. The molecule has 1 aliphatic heterocycles. The Hall–Kier alpha value is -0.413. The van der Waals surface area contributed by atoms with Crippen molar-refractivity contribution in [2.45, 2.75) is 76.3 Å². The van der Waals surface area contributed by atoms with Crippen LogP contribution in [-0.4, -0.2) is 9.52 Å². The fourth-order valence-corrected chi connectivity index (χ4v) is 7.16. The number of rotatable bonds is 6. The van der Waals surface area contributed by atoms with Gasteiger partial charge in [0, 0.05) is 9.52 Å². The monoisotopic (exact) mass is 384 g/mol. The molecule has 2 fully saturated rings. The quantitative estimate of drug-likeness (QED) is 0.296. The van der Waals surface area contributed by atoms with Gasteiger partial charge in [-0.3, -0.25) is 0 Å². The van der Waals surface area contributed by atoms with Crippen molar-refractivity contribution in [1.29, 1.82) is 0 Å². The van der Waals surface area contributed by atoms with Crippen LogP contribution in [0.15, 0.2) is 12.1 Å². The molecular weight excluding hydrogens is 354 g/mol. The Kier molecular flexibility index (Phi) is 7.35. The Bertz CT molecular complexity index is 526. The first kappa shape index (κ1) is 19.4. The van der Waals surface area contributed by atoms with Crippen LogP contribution in [0, 0.1) is 29.4 Å². The van der Waals surface area contributed by atoms with Crippen LogP contribution in [0.5, 0.6) is 0 Å². The summed E-state index contributed by atoms with van der Waals surface area (Å²) in [4.78, 5) is 0. The molecule has 2 aliphatic rings. The first-order valence-electron chi connectivity index (χ1n) is 10.3. The highest BCUT2D eigenvalue weighted by molar-refractivity contribution is 6.35. The van der Waals surface area contributed by atoms with E-state index in [4.69, 9.17) is 11.6 Å². The van der Waals surface area contributed by atoms with Crippen molar-refractivity contribution >= 4 is 21.1 Å². The average Bonchev–Trinajstić information content (AvgIpc) is 2.64. The van der Waals surface area contributed by atoms with Gasteiger partial charge in [0.05, 0.1) is 0 Å². The number of aryl methyl sites for hydroxylation is 1. The molecule has 1 heterocycles. The highest BCUT2D eigenvalue weighted by atomic mass is 35.5. The summed E-state index contributed by atoms with van der Waals surface area (Å²) in [6.07, 6.45) is 13.0. The maximum atomic E-state index is 13.5. The normalized spacial score (nSPS) is 28.4. The highest BCUT2D eigenvalue weighted by Crippen LogP contribution is 2.40. The summed E-state index contributed by atoms with van der Waals surface area (Å²) in [6, 6.07) is 5.94. The summed E-state index contributed by atoms with van der Waals surface area (Å²) in [5, 5.41) is -0.388. The summed E-state index contributed by atoms with van der Waals surface area (Å²) >= 11 is 5.53. The van der Waals surface area contributed by atoms with Gasteiger partial charge in [0.15, 0.2) is 0 Å². The lowest BCUT2D eigenvalue weighted by atomic mass is 9.73. The Morgan fingerprint density at radius 2 is 1.48 bits per heavy atom. The Morgan fingerprint density at radius 1 is 0.880 bits per heavy atom. The largest absolute Gasteiger partial charge is 0.205 e. The van der Waals surface area contributed by atoms with Crippen molar-refractivity contribution in [2.75, 3.05) is 0 Å². The van der Waals surface area contributed by atoms with Gasteiger partial charge in [0.1, 0.15) is 16.7 Å². The van der Waals surface area contributed by atoms with E-state index in [2.05, 4.69) is 0 Å². The standard InChI is InChI=1S/C21H31ClF2Si/c22-21-19(23)13-16(14-20(21)24)4-2-1-3-15-5-7-17(8-6-15)18-9-11-25-12-10-18/h13-15,17-18H,1-12,25H2. The third kappa shape index (κ3) is 5.53. The number of halogens is 3. The van der Waals surface area contributed by atoms with Crippen molar-refractivity contribution in [2.24, 2.45) is 17.8 Å². The van der Waals surface area contributed by atoms with E-state index < -0.39 is 11.6 Å². The van der Waals surface area contributed by atoms with Crippen LogP contribution in [0.25, 0.3) is 0 Å². The first-order chi connectivity index (χ1) is 12.1. The number of unbranched alkanes of at least 4 members (excludes halogenated alkanes) is 1. The predicted molar refractivity (Wildman–Crippen MR) is 105 cm³/mol. The van der Waals surface area contributed by atoms with Gasteiger partial charge in [-0.25, -0.2) is 8.78 Å². The van der Waals surface area contributed by atoms with Crippen LogP contribution >= 0.6 is 11.6 Å². The molecule has 0 atom stereocenters. The van der Waals surface area contributed by atoms with Crippen LogP contribution < -0.4 is 0 Å². The Balaban J connectivity index is 1.33. The molecule has 0 bridgehead atoms. The van der Waals surface area contributed by atoms with Crippen LogP contribution in [0.2, 0.25) is 17.1 Å². The average molecular weight is 385 g/mol. The van der Waals surface area contributed by atoms with E-state index in [1.54, 1.807) is 12.1 Å². The fraction of sp³-hybridized carbons (Fsp3) is 0.714. The lowest BCUT2D eigenvalue weighted by Gasteiger charge is -2.35. The third-order valence-electron chi connectivity index (χ3n) is 6.58. The summed E-state index contributed by atoms with van der Waals surface area (Å²) < 4.78 is 26.9.